The lowest BCUT2D eigenvalue weighted by atomic mass is 10.1. The molecule has 0 aromatic heterocycles. The number of carbonyl (C=O) groups excluding carboxylic acids is 1. The largest absolute Gasteiger partial charge is 0.504 e. The second-order valence-corrected chi connectivity index (χ2v) is 5.33. The quantitative estimate of drug-likeness (QED) is 0.424. The minimum absolute atomic E-state index is 0.0246. The number of hydrogen-bond acceptors (Lipinski definition) is 5. The molecule has 1 rings (SSSR count). The van der Waals surface area contributed by atoms with Gasteiger partial charge in [0.05, 0.1) is 5.56 Å². The second-order valence-electron chi connectivity index (χ2n) is 5.33. The average Bonchev–Trinajstić information content (AvgIpc) is 2.43. The van der Waals surface area contributed by atoms with Crippen LogP contribution in [0.2, 0.25) is 0 Å². The van der Waals surface area contributed by atoms with Crippen molar-refractivity contribution in [1.29, 1.82) is 0 Å². The Balaban J connectivity index is 2.54. The summed E-state index contributed by atoms with van der Waals surface area (Å²) in [6.07, 6.45) is 5.80. The topological polar surface area (TPSA) is 87.0 Å². The van der Waals surface area contributed by atoms with E-state index in [2.05, 4.69) is 6.08 Å². The molecule has 5 heteroatoms. The van der Waals surface area contributed by atoms with Crippen LogP contribution in [0.1, 0.15) is 44.0 Å². The minimum Gasteiger partial charge on any atom is -0.504 e. The van der Waals surface area contributed by atoms with Crippen LogP contribution in [0.4, 0.5) is 0 Å². The summed E-state index contributed by atoms with van der Waals surface area (Å²) in [5.41, 5.74) is 2.36. The van der Waals surface area contributed by atoms with Gasteiger partial charge < -0.3 is 20.1 Å². The monoisotopic (exact) mass is 306 g/mol. The summed E-state index contributed by atoms with van der Waals surface area (Å²) >= 11 is 0. The van der Waals surface area contributed by atoms with Crippen molar-refractivity contribution >= 4 is 5.97 Å². The Labute approximate surface area is 130 Å². The van der Waals surface area contributed by atoms with E-state index >= 15 is 0 Å². The summed E-state index contributed by atoms with van der Waals surface area (Å²) < 4.78 is 5.04. The predicted molar refractivity (Wildman–Crippen MR) is 84.1 cm³/mol. The third-order valence-corrected chi connectivity index (χ3v) is 3.04. The van der Waals surface area contributed by atoms with Crippen molar-refractivity contribution in [2.24, 2.45) is 0 Å². The fourth-order valence-corrected chi connectivity index (χ4v) is 1.76. The molecule has 0 unspecified atom stereocenters. The van der Waals surface area contributed by atoms with Crippen molar-refractivity contribution in [3.63, 3.8) is 0 Å². The molecule has 0 aliphatic rings. The Morgan fingerprint density at radius 1 is 1.09 bits per heavy atom. The lowest BCUT2D eigenvalue weighted by Gasteiger charge is -2.06. The molecule has 1 aromatic carbocycles. The highest BCUT2D eigenvalue weighted by molar-refractivity contribution is 5.91. The Kier molecular flexibility index (Phi) is 6.50. The van der Waals surface area contributed by atoms with Gasteiger partial charge in [0, 0.05) is 0 Å². The van der Waals surface area contributed by atoms with Gasteiger partial charge in [-0.2, -0.15) is 0 Å². The molecular formula is C17H22O5. The number of aromatic hydroxyl groups is 3. The van der Waals surface area contributed by atoms with Crippen LogP contribution in [0.3, 0.4) is 0 Å². The number of phenolic OH excluding ortho intramolecular Hbond substituents is 3. The first kappa shape index (κ1) is 17.6. The lowest BCUT2D eigenvalue weighted by Crippen LogP contribution is -2.05. The van der Waals surface area contributed by atoms with Gasteiger partial charge >= 0.3 is 5.97 Å². The normalized spacial score (nSPS) is 11.1. The smallest absolute Gasteiger partial charge is 0.338 e. The molecule has 1 aromatic rings. The summed E-state index contributed by atoms with van der Waals surface area (Å²) in [5.74, 6) is -2.48. The Hall–Kier alpha value is -2.43. The molecule has 0 radical (unpaired) electrons. The standard InChI is InChI=1S/C17H22O5/c1-11(2)5-4-6-12(3)7-8-22-17(21)13-9-14(18)16(20)15(19)10-13/h5,7,9-10,18-20H,4,6,8H2,1-3H3/b12-7+. The molecule has 120 valence electrons. The third-order valence-electron chi connectivity index (χ3n) is 3.04. The van der Waals surface area contributed by atoms with Gasteiger partial charge in [-0.3, -0.25) is 0 Å². The molecule has 0 amide bonds. The van der Waals surface area contributed by atoms with Crippen molar-refractivity contribution in [3.05, 3.63) is 41.0 Å². The summed E-state index contributed by atoms with van der Waals surface area (Å²) in [5, 5.41) is 27.9. The Bertz CT molecular complexity index is 572. The van der Waals surface area contributed by atoms with Crippen LogP contribution in [0.15, 0.2) is 35.4 Å². The lowest BCUT2D eigenvalue weighted by molar-refractivity contribution is 0.0548. The average molecular weight is 306 g/mol. The Morgan fingerprint density at radius 2 is 1.68 bits per heavy atom. The number of hydrogen-bond donors (Lipinski definition) is 3. The third kappa shape index (κ3) is 5.52. The molecule has 0 aliphatic heterocycles. The van der Waals surface area contributed by atoms with Crippen LogP contribution in [0, 0.1) is 0 Å². The van der Waals surface area contributed by atoms with E-state index in [0.29, 0.717) is 0 Å². The number of ether oxygens (including phenoxy) is 1. The number of phenols is 3. The van der Waals surface area contributed by atoms with Gasteiger partial charge in [0.25, 0.3) is 0 Å². The van der Waals surface area contributed by atoms with Gasteiger partial charge in [-0.05, 0) is 51.8 Å². The highest BCUT2D eigenvalue weighted by atomic mass is 16.5. The van der Waals surface area contributed by atoms with Gasteiger partial charge in [-0.1, -0.05) is 17.2 Å². The van der Waals surface area contributed by atoms with E-state index in [0.717, 1.165) is 30.5 Å². The summed E-state index contributed by atoms with van der Waals surface area (Å²) in [4.78, 5) is 11.8. The van der Waals surface area contributed by atoms with E-state index < -0.39 is 23.2 Å². The second kappa shape index (κ2) is 8.12. The van der Waals surface area contributed by atoms with E-state index in [1.165, 1.54) is 5.57 Å². The zero-order valence-corrected chi connectivity index (χ0v) is 13.1. The highest BCUT2D eigenvalue weighted by Crippen LogP contribution is 2.35. The first-order valence-corrected chi connectivity index (χ1v) is 7.02. The first-order valence-electron chi connectivity index (χ1n) is 7.02. The van der Waals surface area contributed by atoms with E-state index in [1.807, 2.05) is 26.8 Å². The van der Waals surface area contributed by atoms with Crippen molar-refractivity contribution in [1.82, 2.24) is 0 Å². The fraction of sp³-hybridized carbons (Fsp3) is 0.353. The van der Waals surface area contributed by atoms with Gasteiger partial charge in [0.15, 0.2) is 17.2 Å². The van der Waals surface area contributed by atoms with Crippen LogP contribution >= 0.6 is 0 Å². The zero-order valence-electron chi connectivity index (χ0n) is 13.1. The first-order chi connectivity index (χ1) is 10.3. The van der Waals surface area contributed by atoms with Gasteiger partial charge in [0.1, 0.15) is 6.61 Å². The number of rotatable bonds is 6. The van der Waals surface area contributed by atoms with Crippen LogP contribution in [-0.4, -0.2) is 27.9 Å². The highest BCUT2D eigenvalue weighted by Gasteiger charge is 2.14. The maximum atomic E-state index is 11.8. The van der Waals surface area contributed by atoms with Crippen LogP contribution in [-0.2, 0) is 4.74 Å². The van der Waals surface area contributed by atoms with Gasteiger partial charge in [-0.25, -0.2) is 4.79 Å². The SMILES string of the molecule is CC(C)=CCC/C(C)=C/COC(=O)c1cc(O)c(O)c(O)c1. The predicted octanol–water partition coefficient (Wildman–Crippen LogP) is 3.65. The van der Waals surface area contributed by atoms with E-state index in [-0.39, 0.29) is 12.2 Å². The molecule has 0 aliphatic carbocycles. The van der Waals surface area contributed by atoms with Crippen molar-refractivity contribution in [3.8, 4) is 17.2 Å². The van der Waals surface area contributed by atoms with Crippen molar-refractivity contribution in [2.75, 3.05) is 6.61 Å². The van der Waals surface area contributed by atoms with Crippen LogP contribution in [0.25, 0.3) is 0 Å². The molecular weight excluding hydrogens is 284 g/mol. The molecule has 0 saturated carbocycles. The Morgan fingerprint density at radius 3 is 2.23 bits per heavy atom. The number of carbonyl (C=O) groups is 1. The molecule has 22 heavy (non-hydrogen) atoms. The van der Waals surface area contributed by atoms with Gasteiger partial charge in [0.2, 0.25) is 0 Å². The van der Waals surface area contributed by atoms with Crippen molar-refractivity contribution < 1.29 is 24.9 Å². The molecule has 0 heterocycles. The van der Waals surface area contributed by atoms with Crippen LogP contribution < -0.4 is 0 Å². The maximum Gasteiger partial charge on any atom is 0.338 e. The summed E-state index contributed by atoms with van der Waals surface area (Å²) in [6.45, 7) is 6.17. The summed E-state index contributed by atoms with van der Waals surface area (Å²) in [7, 11) is 0. The molecule has 0 atom stereocenters. The zero-order chi connectivity index (χ0) is 16.7. The molecule has 5 nitrogen and oxygen atoms in total. The molecule has 0 fully saturated rings. The van der Waals surface area contributed by atoms with Gasteiger partial charge in [-0.15, -0.1) is 0 Å². The number of benzene rings is 1. The summed E-state index contributed by atoms with van der Waals surface area (Å²) in [6, 6.07) is 2.09. The van der Waals surface area contributed by atoms with Crippen LogP contribution in [0.5, 0.6) is 17.2 Å². The van der Waals surface area contributed by atoms with E-state index in [9.17, 15) is 20.1 Å². The maximum absolute atomic E-state index is 11.8. The van der Waals surface area contributed by atoms with E-state index in [4.69, 9.17) is 4.74 Å². The molecule has 0 spiro atoms. The molecule has 3 N–H and O–H groups in total. The number of esters is 1. The minimum atomic E-state index is -0.682. The fourth-order valence-electron chi connectivity index (χ4n) is 1.76. The number of allylic oxidation sites excluding steroid dienone is 3. The molecule has 0 saturated heterocycles. The molecule has 0 bridgehead atoms. The van der Waals surface area contributed by atoms with E-state index in [1.54, 1.807) is 0 Å². The van der Waals surface area contributed by atoms with Crippen molar-refractivity contribution in [2.45, 2.75) is 33.6 Å².